The first-order valence-electron chi connectivity index (χ1n) is 8.08. The van der Waals surface area contributed by atoms with Crippen molar-refractivity contribution in [2.24, 2.45) is 0 Å². The predicted octanol–water partition coefficient (Wildman–Crippen LogP) is 6.09. The summed E-state index contributed by atoms with van der Waals surface area (Å²) in [6.45, 7) is 8.31. The summed E-state index contributed by atoms with van der Waals surface area (Å²) in [6.07, 6.45) is 0. The number of benzene rings is 3. The van der Waals surface area contributed by atoms with Crippen molar-refractivity contribution in [2.75, 3.05) is 0 Å². The van der Waals surface area contributed by atoms with Crippen LogP contribution in [0.25, 0.3) is 16.7 Å². The van der Waals surface area contributed by atoms with Gasteiger partial charge in [-0.15, -0.1) is 0 Å². The van der Waals surface area contributed by atoms with Gasteiger partial charge in [0.05, 0.1) is 0 Å². The van der Waals surface area contributed by atoms with E-state index in [1.54, 1.807) is 0 Å². The highest BCUT2D eigenvalue weighted by Gasteiger charge is 2.10. The Labute approximate surface area is 144 Å². The first-order valence-corrected chi connectivity index (χ1v) is 8.08. The Morgan fingerprint density at radius 3 is 2.08 bits per heavy atom. The molecular weight excluding hydrogens is 288 g/mol. The molecule has 0 saturated carbocycles. The Kier molecular flexibility index (Phi) is 4.64. The number of allylic oxidation sites excluding steroid dienone is 1. The van der Waals surface area contributed by atoms with Crippen molar-refractivity contribution in [3.05, 3.63) is 102 Å². The van der Waals surface area contributed by atoms with Crippen molar-refractivity contribution < 1.29 is 0 Å². The molecule has 0 unspecified atom stereocenters. The van der Waals surface area contributed by atoms with E-state index in [4.69, 9.17) is 0 Å². The van der Waals surface area contributed by atoms with Gasteiger partial charge in [-0.1, -0.05) is 79.1 Å². The molecule has 0 aliphatic heterocycles. The monoisotopic (exact) mass is 308 g/mol. The van der Waals surface area contributed by atoms with Gasteiger partial charge >= 0.3 is 0 Å². The van der Waals surface area contributed by atoms with E-state index in [1.807, 2.05) is 43.3 Å². The average molecular weight is 308 g/mol. The molecule has 24 heavy (non-hydrogen) atoms. The lowest BCUT2D eigenvalue weighted by Gasteiger charge is -2.13. The van der Waals surface area contributed by atoms with Gasteiger partial charge in [-0.2, -0.15) is 0 Å². The summed E-state index contributed by atoms with van der Waals surface area (Å²) < 4.78 is 0. The average Bonchev–Trinajstić information content (AvgIpc) is 2.61. The van der Waals surface area contributed by atoms with Gasteiger partial charge in [0.15, 0.2) is 0 Å². The molecule has 116 valence electrons. The van der Waals surface area contributed by atoms with Gasteiger partial charge in [-0.3, -0.25) is 0 Å². The lowest BCUT2D eigenvalue weighted by Crippen LogP contribution is -1.94. The van der Waals surface area contributed by atoms with Gasteiger partial charge in [0.25, 0.3) is 0 Å². The van der Waals surface area contributed by atoms with E-state index in [0.717, 1.165) is 27.8 Å². The van der Waals surface area contributed by atoms with Crippen molar-refractivity contribution in [3.8, 4) is 23.0 Å². The third kappa shape index (κ3) is 3.47. The van der Waals surface area contributed by atoms with Crippen molar-refractivity contribution in [1.82, 2.24) is 0 Å². The Bertz CT molecular complexity index is 920. The summed E-state index contributed by atoms with van der Waals surface area (Å²) in [6, 6.07) is 24.9. The van der Waals surface area contributed by atoms with Crippen LogP contribution in [0.15, 0.2) is 79.4 Å². The maximum Gasteiger partial charge on any atom is 0.0402 e. The lowest BCUT2D eigenvalue weighted by molar-refractivity contribution is 1.41. The molecule has 0 radical (unpaired) electrons. The first kappa shape index (κ1) is 15.8. The smallest absolute Gasteiger partial charge is 0.0402 e. The fourth-order valence-electron chi connectivity index (χ4n) is 2.76. The molecule has 0 atom stereocenters. The predicted molar refractivity (Wildman–Crippen MR) is 104 cm³/mol. The fourth-order valence-corrected chi connectivity index (χ4v) is 2.76. The largest absolute Gasteiger partial charge is 0.0955 e. The Hall–Kier alpha value is -3.04. The molecule has 3 aromatic carbocycles. The van der Waals surface area contributed by atoms with Gasteiger partial charge in [-0.25, -0.2) is 0 Å². The summed E-state index contributed by atoms with van der Waals surface area (Å²) in [7, 11) is 0. The van der Waals surface area contributed by atoms with Gasteiger partial charge < -0.3 is 0 Å². The molecule has 0 aliphatic carbocycles. The molecule has 0 aliphatic rings. The Morgan fingerprint density at radius 1 is 0.833 bits per heavy atom. The topological polar surface area (TPSA) is 0 Å². The van der Waals surface area contributed by atoms with Gasteiger partial charge in [-0.05, 0) is 53.8 Å². The van der Waals surface area contributed by atoms with Crippen LogP contribution in [0.1, 0.15) is 29.2 Å². The normalized spacial score (nSPS) is 9.92. The van der Waals surface area contributed by atoms with E-state index in [2.05, 4.69) is 61.7 Å². The van der Waals surface area contributed by atoms with E-state index in [0.29, 0.717) is 0 Å². The van der Waals surface area contributed by atoms with Crippen molar-refractivity contribution in [3.63, 3.8) is 0 Å². The number of hydrogen-bond acceptors (Lipinski definition) is 0. The van der Waals surface area contributed by atoms with Crippen LogP contribution in [-0.2, 0) is 0 Å². The minimum Gasteiger partial charge on any atom is -0.0955 e. The Balaban J connectivity index is 2.22. The molecule has 0 spiro atoms. The maximum absolute atomic E-state index is 4.15. The standard InChI is InChI=1S/C24H20/c1-18(2)23-16-19(3)17-24(21-12-8-5-9-13-21)22(23)15-14-20-10-6-4-7-11-20/h4-13,16-17H,1H2,2-3H3. The van der Waals surface area contributed by atoms with Crippen LogP contribution < -0.4 is 0 Å². The van der Waals surface area contributed by atoms with E-state index < -0.39 is 0 Å². The minimum absolute atomic E-state index is 1.02. The minimum atomic E-state index is 1.02. The molecule has 0 amide bonds. The first-order chi connectivity index (χ1) is 11.6. The molecule has 0 heteroatoms. The van der Waals surface area contributed by atoms with Crippen LogP contribution in [0.3, 0.4) is 0 Å². The number of hydrogen-bond donors (Lipinski definition) is 0. The molecule has 3 rings (SSSR count). The van der Waals surface area contributed by atoms with Crippen LogP contribution in [0.4, 0.5) is 0 Å². The van der Waals surface area contributed by atoms with Gasteiger partial charge in [0, 0.05) is 11.1 Å². The highest BCUT2D eigenvalue weighted by atomic mass is 14.1. The second-order valence-corrected chi connectivity index (χ2v) is 6.00. The highest BCUT2D eigenvalue weighted by molar-refractivity contribution is 5.81. The zero-order chi connectivity index (χ0) is 16.9. The fraction of sp³-hybridized carbons (Fsp3) is 0.0833. The van der Waals surface area contributed by atoms with Crippen LogP contribution in [-0.4, -0.2) is 0 Å². The van der Waals surface area contributed by atoms with E-state index >= 15 is 0 Å². The van der Waals surface area contributed by atoms with E-state index in [9.17, 15) is 0 Å². The molecule has 0 aromatic heterocycles. The number of aryl methyl sites for hydroxylation is 1. The van der Waals surface area contributed by atoms with E-state index in [-0.39, 0.29) is 0 Å². The molecule has 3 aromatic rings. The third-order valence-corrected chi connectivity index (χ3v) is 3.93. The molecule has 0 bridgehead atoms. The summed E-state index contributed by atoms with van der Waals surface area (Å²) in [5.74, 6) is 6.69. The van der Waals surface area contributed by atoms with Crippen LogP contribution >= 0.6 is 0 Å². The van der Waals surface area contributed by atoms with Crippen molar-refractivity contribution in [1.29, 1.82) is 0 Å². The zero-order valence-corrected chi connectivity index (χ0v) is 14.1. The van der Waals surface area contributed by atoms with Gasteiger partial charge in [0.1, 0.15) is 0 Å². The van der Waals surface area contributed by atoms with Crippen LogP contribution in [0, 0.1) is 18.8 Å². The summed E-state index contributed by atoms with van der Waals surface area (Å²) in [5, 5.41) is 0. The van der Waals surface area contributed by atoms with Crippen molar-refractivity contribution >= 4 is 5.57 Å². The zero-order valence-electron chi connectivity index (χ0n) is 14.1. The number of rotatable bonds is 2. The second kappa shape index (κ2) is 7.02. The maximum atomic E-state index is 4.15. The van der Waals surface area contributed by atoms with Crippen LogP contribution in [0.5, 0.6) is 0 Å². The highest BCUT2D eigenvalue weighted by Crippen LogP contribution is 2.30. The molecule has 0 N–H and O–H groups in total. The Morgan fingerprint density at radius 2 is 1.46 bits per heavy atom. The summed E-state index contributed by atoms with van der Waals surface area (Å²) in [4.78, 5) is 0. The van der Waals surface area contributed by atoms with E-state index in [1.165, 1.54) is 11.1 Å². The second-order valence-electron chi connectivity index (χ2n) is 6.00. The SMILES string of the molecule is C=C(C)c1cc(C)cc(-c2ccccc2)c1C#Cc1ccccc1. The molecule has 0 fully saturated rings. The van der Waals surface area contributed by atoms with Crippen LogP contribution in [0.2, 0.25) is 0 Å². The lowest BCUT2D eigenvalue weighted by atomic mass is 9.90. The third-order valence-electron chi connectivity index (χ3n) is 3.93. The van der Waals surface area contributed by atoms with Gasteiger partial charge in [0.2, 0.25) is 0 Å². The molecular formula is C24H20. The van der Waals surface area contributed by atoms with Crippen molar-refractivity contribution in [2.45, 2.75) is 13.8 Å². The summed E-state index contributed by atoms with van der Waals surface area (Å²) >= 11 is 0. The molecule has 0 nitrogen and oxygen atoms in total. The quantitative estimate of drug-likeness (QED) is 0.502. The molecule has 0 saturated heterocycles. The summed E-state index contributed by atoms with van der Waals surface area (Å²) in [5.41, 5.74) is 7.79. The molecule has 0 heterocycles.